The summed E-state index contributed by atoms with van der Waals surface area (Å²) in [5.41, 5.74) is 1.61. The molecular weight excluding hydrogens is 478 g/mol. The van der Waals surface area contributed by atoms with Gasteiger partial charge in [0.15, 0.2) is 5.78 Å². The van der Waals surface area contributed by atoms with Crippen molar-refractivity contribution in [3.63, 3.8) is 0 Å². The van der Waals surface area contributed by atoms with Crippen LogP contribution in [0.1, 0.15) is 80.1 Å². The third kappa shape index (κ3) is 8.82. The Morgan fingerprint density at radius 2 is 1.86 bits per heavy atom. The highest BCUT2D eigenvalue weighted by molar-refractivity contribution is 6.23. The van der Waals surface area contributed by atoms with E-state index in [0.717, 1.165) is 64.1 Å². The van der Waals surface area contributed by atoms with Gasteiger partial charge in [-0.15, -0.1) is 11.6 Å². The Bertz CT molecular complexity index is 878. The Balaban J connectivity index is 1.43. The molecule has 0 radical (unpaired) electrons. The van der Waals surface area contributed by atoms with E-state index >= 15 is 0 Å². The van der Waals surface area contributed by atoms with Gasteiger partial charge in [-0.1, -0.05) is 56.2 Å². The molecule has 0 bridgehead atoms. The van der Waals surface area contributed by atoms with Crippen LogP contribution in [0.15, 0.2) is 36.4 Å². The average Bonchev–Trinajstić information content (AvgIpc) is 3.17. The summed E-state index contributed by atoms with van der Waals surface area (Å²) in [6, 6.07) is 7.48. The lowest BCUT2D eigenvalue weighted by atomic mass is 9.87. The molecule has 2 aliphatic rings. The first-order chi connectivity index (χ1) is 17.5. The Hall–Kier alpha value is -2.02. The maximum atomic E-state index is 12.7. The van der Waals surface area contributed by atoms with E-state index in [1.807, 2.05) is 36.4 Å². The first kappa shape index (κ1) is 28.5. The topological polar surface area (TPSA) is 72.9 Å². The van der Waals surface area contributed by atoms with E-state index < -0.39 is 0 Å². The number of allylic oxidation sites excluding steroid dienone is 2. The van der Waals surface area contributed by atoms with Crippen molar-refractivity contribution >= 4 is 29.1 Å². The third-order valence-corrected chi connectivity index (χ3v) is 7.47. The summed E-state index contributed by atoms with van der Waals surface area (Å²) in [5, 5.41) is -0.251. The molecule has 0 spiro atoms. The van der Waals surface area contributed by atoms with E-state index in [1.54, 1.807) is 0 Å². The van der Waals surface area contributed by atoms with Gasteiger partial charge in [-0.3, -0.25) is 19.3 Å². The highest BCUT2D eigenvalue weighted by atomic mass is 35.5. The monoisotopic (exact) mass is 517 g/mol. The van der Waals surface area contributed by atoms with Gasteiger partial charge in [0.25, 0.3) is 0 Å². The fraction of sp³-hybridized carbons (Fsp3) is 0.621. The number of benzene rings is 1. The fourth-order valence-electron chi connectivity index (χ4n) is 4.88. The lowest BCUT2D eigenvalue weighted by molar-refractivity contribution is -0.144. The number of ether oxygens (including phenoxy) is 2. The van der Waals surface area contributed by atoms with Crippen molar-refractivity contribution in [2.45, 2.75) is 69.6 Å². The van der Waals surface area contributed by atoms with E-state index in [2.05, 4.69) is 11.8 Å². The first-order valence-electron chi connectivity index (χ1n) is 13.4. The molecule has 1 aromatic rings. The van der Waals surface area contributed by atoms with Crippen LogP contribution in [-0.2, 0) is 19.1 Å². The normalized spacial score (nSPS) is 22.8. The van der Waals surface area contributed by atoms with Crippen molar-refractivity contribution in [3.8, 4) is 0 Å². The van der Waals surface area contributed by atoms with Crippen LogP contribution in [0.25, 0.3) is 0 Å². The second-order valence-electron chi connectivity index (χ2n) is 9.74. The quantitative estimate of drug-likeness (QED) is 0.109. The van der Waals surface area contributed by atoms with E-state index in [4.69, 9.17) is 21.1 Å². The van der Waals surface area contributed by atoms with Gasteiger partial charge in [0.1, 0.15) is 12.4 Å². The zero-order valence-electron chi connectivity index (χ0n) is 21.5. The molecule has 1 saturated heterocycles. The van der Waals surface area contributed by atoms with Crippen molar-refractivity contribution in [3.05, 3.63) is 47.5 Å². The highest BCUT2D eigenvalue weighted by Gasteiger charge is 2.40. The molecule has 1 aromatic carbocycles. The van der Waals surface area contributed by atoms with Gasteiger partial charge in [-0.2, -0.15) is 0 Å². The van der Waals surface area contributed by atoms with Gasteiger partial charge >= 0.3 is 5.97 Å². The Labute approximate surface area is 220 Å². The number of Topliss-reactive ketones (excluding diaryl/α,β-unsaturated/α-hetero) is 2. The minimum absolute atomic E-state index is 0.0919. The number of alkyl halides is 1. The Kier molecular flexibility index (Phi) is 12.1. The maximum Gasteiger partial charge on any atom is 0.305 e. The number of unbranched alkanes of at least 4 members (excludes halogenated alkanes) is 3. The zero-order chi connectivity index (χ0) is 25.8. The second-order valence-corrected chi connectivity index (χ2v) is 10.3. The van der Waals surface area contributed by atoms with E-state index in [1.165, 1.54) is 0 Å². The lowest BCUT2D eigenvalue weighted by Gasteiger charge is -2.26. The van der Waals surface area contributed by atoms with Crippen molar-refractivity contribution in [1.82, 2.24) is 4.90 Å². The highest BCUT2D eigenvalue weighted by Crippen LogP contribution is 2.41. The number of carbonyl (C=O) groups excluding carboxylic acids is 3. The predicted molar refractivity (Wildman–Crippen MR) is 142 cm³/mol. The van der Waals surface area contributed by atoms with Crippen molar-refractivity contribution in [1.29, 1.82) is 0 Å². The molecule has 1 heterocycles. The lowest BCUT2D eigenvalue weighted by Crippen LogP contribution is -2.38. The molecule has 0 amide bonds. The number of halogens is 1. The molecular formula is C29H40ClNO5. The molecule has 1 aliphatic heterocycles. The molecule has 2 fully saturated rings. The number of hydrogen-bond donors (Lipinski definition) is 0. The fourth-order valence-corrected chi connectivity index (χ4v) is 5.26. The third-order valence-electron chi connectivity index (χ3n) is 7.03. The average molecular weight is 518 g/mol. The van der Waals surface area contributed by atoms with Crippen LogP contribution in [0, 0.1) is 5.92 Å². The summed E-state index contributed by atoms with van der Waals surface area (Å²) in [6.45, 7) is 6.53. The minimum Gasteiger partial charge on any atom is -0.464 e. The van der Waals surface area contributed by atoms with Crippen LogP contribution in [0.2, 0.25) is 0 Å². The van der Waals surface area contributed by atoms with Crippen LogP contribution < -0.4 is 0 Å². The van der Waals surface area contributed by atoms with Crippen LogP contribution in [0.3, 0.4) is 0 Å². The molecule has 3 rings (SSSR count). The summed E-state index contributed by atoms with van der Waals surface area (Å²) >= 11 is 6.54. The number of nitrogens with zero attached hydrogens (tertiary/aromatic N) is 1. The van der Waals surface area contributed by atoms with Gasteiger partial charge in [0, 0.05) is 55.8 Å². The van der Waals surface area contributed by atoms with E-state index in [-0.39, 0.29) is 34.7 Å². The molecule has 1 aliphatic carbocycles. The van der Waals surface area contributed by atoms with E-state index in [9.17, 15) is 14.4 Å². The number of morpholine rings is 1. The molecule has 2 unspecified atom stereocenters. The molecule has 198 valence electrons. The molecule has 1 saturated carbocycles. The number of hydrogen-bond acceptors (Lipinski definition) is 6. The molecule has 0 N–H and O–H groups in total. The molecule has 0 aromatic heterocycles. The SMILES string of the molecule is CCCCCC(=O)c1ccc([C@H]2C(=O)CC(Cl)C2C=CCCCC(=O)OCCN2CCOCC2)cc1. The summed E-state index contributed by atoms with van der Waals surface area (Å²) in [6.07, 6.45) is 9.81. The first-order valence-corrected chi connectivity index (χ1v) is 13.9. The van der Waals surface area contributed by atoms with Gasteiger partial charge in [-0.25, -0.2) is 0 Å². The van der Waals surface area contributed by atoms with Crippen LogP contribution in [-0.4, -0.2) is 67.3 Å². The largest absolute Gasteiger partial charge is 0.464 e. The van der Waals surface area contributed by atoms with Gasteiger partial charge in [0.05, 0.1) is 19.1 Å². The van der Waals surface area contributed by atoms with Crippen molar-refractivity contribution in [2.24, 2.45) is 5.92 Å². The van der Waals surface area contributed by atoms with Crippen LogP contribution in [0.4, 0.5) is 0 Å². The van der Waals surface area contributed by atoms with Gasteiger partial charge in [-0.05, 0) is 24.8 Å². The maximum absolute atomic E-state index is 12.7. The Morgan fingerprint density at radius 3 is 2.58 bits per heavy atom. The number of esters is 1. The zero-order valence-corrected chi connectivity index (χ0v) is 22.2. The smallest absolute Gasteiger partial charge is 0.305 e. The molecule has 7 heteroatoms. The van der Waals surface area contributed by atoms with Gasteiger partial charge < -0.3 is 9.47 Å². The Morgan fingerprint density at radius 1 is 1.11 bits per heavy atom. The van der Waals surface area contributed by atoms with Crippen molar-refractivity contribution < 1.29 is 23.9 Å². The van der Waals surface area contributed by atoms with Crippen molar-refractivity contribution in [2.75, 3.05) is 39.5 Å². The standard InChI is InChI=1S/C29H40ClNO5/c1-2-3-5-9-26(32)22-11-13-23(14-12-22)29-24(25(30)21-27(29)33)8-6-4-7-10-28(34)36-20-17-31-15-18-35-19-16-31/h6,8,11-14,24-25,29H,2-5,7,9-10,15-21H2,1H3/t24?,25?,29-/m1/s1. The second kappa shape index (κ2) is 15.3. The number of ketones is 2. The molecule has 36 heavy (non-hydrogen) atoms. The summed E-state index contributed by atoms with van der Waals surface area (Å²) in [4.78, 5) is 39.3. The summed E-state index contributed by atoms with van der Waals surface area (Å²) in [7, 11) is 0. The number of rotatable bonds is 14. The van der Waals surface area contributed by atoms with Crippen LogP contribution >= 0.6 is 11.6 Å². The summed E-state index contributed by atoms with van der Waals surface area (Å²) in [5.74, 6) is -0.274. The van der Waals surface area contributed by atoms with Gasteiger partial charge in [0.2, 0.25) is 0 Å². The molecule has 3 atom stereocenters. The predicted octanol–water partition coefficient (Wildman–Crippen LogP) is 5.33. The minimum atomic E-state index is -0.293. The summed E-state index contributed by atoms with van der Waals surface area (Å²) < 4.78 is 10.7. The van der Waals surface area contributed by atoms with E-state index in [0.29, 0.717) is 37.9 Å². The molecule has 6 nitrogen and oxygen atoms in total. The van der Waals surface area contributed by atoms with Crippen LogP contribution in [0.5, 0.6) is 0 Å². The number of carbonyl (C=O) groups is 3.